The number of piperidine rings is 1. The van der Waals surface area contributed by atoms with Gasteiger partial charge in [0.15, 0.2) is 11.2 Å². The van der Waals surface area contributed by atoms with Crippen molar-refractivity contribution in [3.05, 3.63) is 59.9 Å². The summed E-state index contributed by atoms with van der Waals surface area (Å²) in [5.41, 5.74) is 3.63. The molecule has 2 aromatic heterocycles. The maximum absolute atomic E-state index is 5.56. The SMILES string of the molecule is BrC1CC(c2noc3ccccc23)C(c2noc3ccccc23)CN1. The van der Waals surface area contributed by atoms with E-state index in [9.17, 15) is 0 Å². The second-order valence-electron chi connectivity index (χ2n) is 6.45. The Bertz CT molecular complexity index is 1040. The third kappa shape index (κ3) is 2.48. The Balaban J connectivity index is 1.64. The molecule has 3 atom stereocenters. The van der Waals surface area contributed by atoms with Crippen molar-refractivity contribution in [2.75, 3.05) is 6.54 Å². The smallest absolute Gasteiger partial charge is 0.167 e. The zero-order valence-corrected chi connectivity index (χ0v) is 14.9. The maximum atomic E-state index is 5.56. The highest BCUT2D eigenvalue weighted by atomic mass is 79.9. The molecule has 6 heteroatoms. The van der Waals surface area contributed by atoms with Gasteiger partial charge in [0.25, 0.3) is 0 Å². The molecule has 0 aliphatic carbocycles. The highest BCUT2D eigenvalue weighted by Crippen LogP contribution is 2.43. The lowest BCUT2D eigenvalue weighted by atomic mass is 9.80. The second kappa shape index (κ2) is 5.97. The summed E-state index contributed by atoms with van der Waals surface area (Å²) in [7, 11) is 0. The van der Waals surface area contributed by atoms with Crippen LogP contribution in [-0.4, -0.2) is 21.8 Å². The van der Waals surface area contributed by atoms with Crippen molar-refractivity contribution in [2.24, 2.45) is 0 Å². The lowest BCUT2D eigenvalue weighted by Gasteiger charge is -2.33. The van der Waals surface area contributed by atoms with Crippen LogP contribution in [0.1, 0.15) is 29.6 Å². The van der Waals surface area contributed by atoms with E-state index in [0.717, 1.165) is 46.3 Å². The first kappa shape index (κ1) is 15.1. The predicted molar refractivity (Wildman–Crippen MR) is 98.8 cm³/mol. The summed E-state index contributed by atoms with van der Waals surface area (Å²) in [5.74, 6) is 0.369. The summed E-state index contributed by atoms with van der Waals surface area (Å²) in [4.78, 5) is 0.238. The predicted octanol–water partition coefficient (Wildman–Crippen LogP) is 4.55. The van der Waals surface area contributed by atoms with Gasteiger partial charge in [0, 0.05) is 29.2 Å². The number of aromatic nitrogens is 2. The molecule has 3 heterocycles. The van der Waals surface area contributed by atoms with E-state index in [4.69, 9.17) is 9.05 Å². The van der Waals surface area contributed by atoms with E-state index in [2.05, 4.69) is 43.7 Å². The van der Waals surface area contributed by atoms with Gasteiger partial charge in [0.05, 0.1) is 16.3 Å². The van der Waals surface area contributed by atoms with Crippen molar-refractivity contribution in [3.63, 3.8) is 0 Å². The number of hydrogen-bond acceptors (Lipinski definition) is 5. The summed E-state index contributed by atoms with van der Waals surface area (Å²) >= 11 is 3.71. The summed E-state index contributed by atoms with van der Waals surface area (Å²) in [5, 5.41) is 14.5. The molecular formula is C19H16BrN3O2. The molecule has 1 aliphatic heterocycles. The fourth-order valence-corrected chi connectivity index (χ4v) is 4.39. The fraction of sp³-hybridized carbons (Fsp3) is 0.263. The monoisotopic (exact) mass is 397 g/mol. The normalized spacial score (nSPS) is 24.1. The molecule has 0 saturated carbocycles. The highest BCUT2D eigenvalue weighted by molar-refractivity contribution is 9.09. The molecule has 5 rings (SSSR count). The second-order valence-corrected chi connectivity index (χ2v) is 7.56. The first-order chi connectivity index (χ1) is 12.3. The molecule has 5 nitrogen and oxygen atoms in total. The first-order valence-electron chi connectivity index (χ1n) is 8.37. The minimum Gasteiger partial charge on any atom is -0.356 e. The molecule has 1 aliphatic rings. The van der Waals surface area contributed by atoms with Crippen LogP contribution >= 0.6 is 15.9 Å². The van der Waals surface area contributed by atoms with Crippen LogP contribution in [0.25, 0.3) is 21.9 Å². The Hall–Kier alpha value is -2.18. The number of fused-ring (bicyclic) bond motifs is 2. The van der Waals surface area contributed by atoms with E-state index in [1.807, 2.05) is 36.4 Å². The number of para-hydroxylation sites is 2. The third-order valence-corrected chi connectivity index (χ3v) is 5.72. The molecular weight excluding hydrogens is 382 g/mol. The van der Waals surface area contributed by atoms with Crippen LogP contribution in [0.2, 0.25) is 0 Å². The lowest BCUT2D eigenvalue weighted by Crippen LogP contribution is -2.39. The van der Waals surface area contributed by atoms with Gasteiger partial charge in [-0.15, -0.1) is 0 Å². The van der Waals surface area contributed by atoms with Gasteiger partial charge >= 0.3 is 0 Å². The van der Waals surface area contributed by atoms with Gasteiger partial charge in [-0.05, 0) is 30.7 Å². The molecule has 3 unspecified atom stereocenters. The van der Waals surface area contributed by atoms with Crippen molar-refractivity contribution in [1.82, 2.24) is 15.6 Å². The molecule has 25 heavy (non-hydrogen) atoms. The van der Waals surface area contributed by atoms with Gasteiger partial charge in [-0.1, -0.05) is 50.5 Å². The average Bonchev–Trinajstić information content (AvgIpc) is 3.26. The molecule has 126 valence electrons. The number of rotatable bonds is 2. The Morgan fingerprint density at radius 2 is 1.40 bits per heavy atom. The van der Waals surface area contributed by atoms with Gasteiger partial charge < -0.3 is 14.4 Å². The zero-order valence-electron chi connectivity index (χ0n) is 13.4. The van der Waals surface area contributed by atoms with Crippen LogP contribution in [0, 0.1) is 0 Å². The quantitative estimate of drug-likeness (QED) is 0.397. The van der Waals surface area contributed by atoms with Crippen LogP contribution < -0.4 is 5.32 Å². The third-order valence-electron chi connectivity index (χ3n) is 5.02. The van der Waals surface area contributed by atoms with Crippen LogP contribution in [0.15, 0.2) is 57.6 Å². The topological polar surface area (TPSA) is 64.1 Å². The Morgan fingerprint density at radius 3 is 2.04 bits per heavy atom. The molecule has 1 N–H and O–H groups in total. The van der Waals surface area contributed by atoms with E-state index in [1.165, 1.54) is 0 Å². The van der Waals surface area contributed by atoms with Gasteiger partial charge in [-0.2, -0.15) is 0 Å². The van der Waals surface area contributed by atoms with E-state index in [1.54, 1.807) is 0 Å². The van der Waals surface area contributed by atoms with Crippen molar-refractivity contribution in [3.8, 4) is 0 Å². The standard InChI is InChI=1S/C19H16BrN3O2/c20-17-9-13(18-11-5-1-3-7-15(11)24-22-18)14(10-21-17)19-12-6-2-4-8-16(12)25-23-19/h1-8,13-14,17,21H,9-10H2. The van der Waals surface area contributed by atoms with Crippen molar-refractivity contribution in [2.45, 2.75) is 23.2 Å². The molecule has 0 bridgehead atoms. The van der Waals surface area contributed by atoms with Gasteiger partial charge in [-0.3, -0.25) is 0 Å². The van der Waals surface area contributed by atoms with Crippen molar-refractivity contribution >= 4 is 37.9 Å². The van der Waals surface area contributed by atoms with Crippen LogP contribution in [-0.2, 0) is 0 Å². The van der Waals surface area contributed by atoms with Crippen LogP contribution in [0.5, 0.6) is 0 Å². The molecule has 2 aromatic carbocycles. The minimum absolute atomic E-state index is 0.172. The Kier molecular flexibility index (Phi) is 3.60. The number of benzene rings is 2. The Labute approximate surface area is 152 Å². The minimum atomic E-state index is 0.172. The number of alkyl halides is 1. The van der Waals surface area contributed by atoms with Gasteiger partial charge in [-0.25, -0.2) is 0 Å². The largest absolute Gasteiger partial charge is 0.356 e. The number of nitrogens with one attached hydrogen (secondary N) is 1. The van der Waals surface area contributed by atoms with Crippen molar-refractivity contribution in [1.29, 1.82) is 0 Å². The van der Waals surface area contributed by atoms with E-state index < -0.39 is 0 Å². The number of halogens is 1. The highest BCUT2D eigenvalue weighted by Gasteiger charge is 2.37. The summed E-state index contributed by atoms with van der Waals surface area (Å²) < 4.78 is 11.1. The summed E-state index contributed by atoms with van der Waals surface area (Å²) in [6, 6.07) is 16.0. The maximum Gasteiger partial charge on any atom is 0.167 e. The van der Waals surface area contributed by atoms with Crippen LogP contribution in [0.4, 0.5) is 0 Å². The van der Waals surface area contributed by atoms with Gasteiger partial charge in [0.1, 0.15) is 0 Å². The molecule has 1 fully saturated rings. The lowest BCUT2D eigenvalue weighted by molar-refractivity contribution is 0.345. The van der Waals surface area contributed by atoms with E-state index in [0.29, 0.717) is 0 Å². The van der Waals surface area contributed by atoms with Crippen LogP contribution in [0.3, 0.4) is 0 Å². The average molecular weight is 398 g/mol. The Morgan fingerprint density at radius 1 is 0.840 bits per heavy atom. The zero-order chi connectivity index (χ0) is 16.8. The summed E-state index contributed by atoms with van der Waals surface area (Å²) in [6.45, 7) is 0.804. The molecule has 0 spiro atoms. The van der Waals surface area contributed by atoms with Crippen molar-refractivity contribution < 1.29 is 9.05 Å². The fourth-order valence-electron chi connectivity index (χ4n) is 3.80. The van der Waals surface area contributed by atoms with E-state index >= 15 is 0 Å². The number of nitrogens with zero attached hydrogens (tertiary/aromatic N) is 2. The molecule has 4 aromatic rings. The first-order valence-corrected chi connectivity index (χ1v) is 9.29. The summed E-state index contributed by atoms with van der Waals surface area (Å²) in [6.07, 6.45) is 0.905. The molecule has 0 amide bonds. The van der Waals surface area contributed by atoms with Gasteiger partial charge in [0.2, 0.25) is 0 Å². The molecule has 1 saturated heterocycles. The number of hydrogen-bond donors (Lipinski definition) is 1. The molecule has 0 radical (unpaired) electrons. The van der Waals surface area contributed by atoms with E-state index in [-0.39, 0.29) is 16.8 Å².